The zero-order chi connectivity index (χ0) is 12.3. The molecule has 0 spiro atoms. The van der Waals surface area contributed by atoms with Gasteiger partial charge in [0.05, 0.1) is 6.42 Å². The third-order valence-corrected chi connectivity index (χ3v) is 2.85. The van der Waals surface area contributed by atoms with Gasteiger partial charge in [-0.15, -0.1) is 0 Å². The maximum atomic E-state index is 11.2. The molecule has 1 unspecified atom stereocenters. The minimum Gasteiger partial charge on any atom is -0.327 e. The second-order valence-electron chi connectivity index (χ2n) is 4.65. The van der Waals surface area contributed by atoms with Crippen LogP contribution in [0.1, 0.15) is 18.1 Å². The van der Waals surface area contributed by atoms with Crippen molar-refractivity contribution >= 4 is 11.6 Å². The summed E-state index contributed by atoms with van der Waals surface area (Å²) in [6, 6.07) is 6.36. The molecule has 0 radical (unpaired) electrons. The Balaban J connectivity index is 1.86. The van der Waals surface area contributed by atoms with E-state index >= 15 is 0 Å². The lowest BCUT2D eigenvalue weighted by Crippen LogP contribution is -2.32. The lowest BCUT2D eigenvalue weighted by molar-refractivity contribution is -0.115. The average molecular weight is 233 g/mol. The van der Waals surface area contributed by atoms with Crippen molar-refractivity contribution < 1.29 is 4.79 Å². The van der Waals surface area contributed by atoms with Crippen LogP contribution in [0.4, 0.5) is 5.69 Å². The van der Waals surface area contributed by atoms with Crippen molar-refractivity contribution in [1.29, 1.82) is 0 Å². The van der Waals surface area contributed by atoms with Gasteiger partial charge in [-0.05, 0) is 37.1 Å². The highest BCUT2D eigenvalue weighted by molar-refractivity contribution is 5.99. The molecule has 2 rings (SSSR count). The molecule has 1 aromatic rings. The Bertz CT molecular complexity index is 415. The first-order valence-electron chi connectivity index (χ1n) is 6.03. The molecule has 1 amide bonds. The number of rotatable bonds is 5. The zero-order valence-corrected chi connectivity index (χ0v) is 10.1. The topological polar surface area (TPSA) is 67.1 Å². The highest BCUT2D eigenvalue weighted by atomic mass is 16.1. The summed E-state index contributed by atoms with van der Waals surface area (Å²) in [4.78, 5) is 11.2. The zero-order valence-electron chi connectivity index (χ0n) is 10.1. The molecule has 4 N–H and O–H groups in total. The Hall–Kier alpha value is -1.39. The number of hydrogen-bond acceptors (Lipinski definition) is 3. The van der Waals surface area contributed by atoms with Crippen LogP contribution in [0.15, 0.2) is 18.2 Å². The van der Waals surface area contributed by atoms with E-state index in [4.69, 9.17) is 5.73 Å². The SMILES string of the molecule is CC(N)CNCCc1ccc2c(c1)CC(=O)N2. The molecule has 4 nitrogen and oxygen atoms in total. The van der Waals surface area contributed by atoms with Gasteiger partial charge in [-0.25, -0.2) is 0 Å². The van der Waals surface area contributed by atoms with Gasteiger partial charge in [0.25, 0.3) is 0 Å². The molecular formula is C13H19N3O. The van der Waals surface area contributed by atoms with E-state index in [0.717, 1.165) is 30.8 Å². The van der Waals surface area contributed by atoms with Crippen LogP contribution in [0, 0.1) is 0 Å². The van der Waals surface area contributed by atoms with Crippen molar-refractivity contribution in [2.75, 3.05) is 18.4 Å². The molecule has 92 valence electrons. The highest BCUT2D eigenvalue weighted by Gasteiger charge is 2.16. The first-order valence-corrected chi connectivity index (χ1v) is 6.03. The molecule has 0 aromatic heterocycles. The number of amides is 1. The fraction of sp³-hybridized carbons (Fsp3) is 0.462. The van der Waals surface area contributed by atoms with E-state index in [9.17, 15) is 4.79 Å². The standard InChI is InChI=1S/C13H19N3O/c1-9(14)8-15-5-4-10-2-3-12-11(6-10)7-13(17)16-12/h2-3,6,9,15H,4-5,7-8,14H2,1H3,(H,16,17). The van der Waals surface area contributed by atoms with Crippen molar-refractivity contribution in [2.45, 2.75) is 25.8 Å². The van der Waals surface area contributed by atoms with Crippen LogP contribution >= 0.6 is 0 Å². The van der Waals surface area contributed by atoms with Crippen LogP contribution in [0.2, 0.25) is 0 Å². The minimum atomic E-state index is 0.0900. The molecule has 4 heteroatoms. The van der Waals surface area contributed by atoms with Gasteiger partial charge in [0.15, 0.2) is 0 Å². The molecular weight excluding hydrogens is 214 g/mol. The molecule has 17 heavy (non-hydrogen) atoms. The van der Waals surface area contributed by atoms with Gasteiger partial charge in [0.2, 0.25) is 5.91 Å². The second-order valence-corrected chi connectivity index (χ2v) is 4.65. The van der Waals surface area contributed by atoms with Crippen molar-refractivity contribution in [3.63, 3.8) is 0 Å². The van der Waals surface area contributed by atoms with Crippen molar-refractivity contribution in [1.82, 2.24) is 5.32 Å². The molecule has 1 atom stereocenters. The van der Waals surface area contributed by atoms with Gasteiger partial charge in [-0.2, -0.15) is 0 Å². The lowest BCUT2D eigenvalue weighted by atomic mass is 10.1. The van der Waals surface area contributed by atoms with E-state index in [1.165, 1.54) is 5.56 Å². The number of carbonyl (C=O) groups excluding carboxylic acids is 1. The molecule has 0 bridgehead atoms. The summed E-state index contributed by atoms with van der Waals surface area (Å²) >= 11 is 0. The van der Waals surface area contributed by atoms with Gasteiger partial charge in [-0.3, -0.25) is 4.79 Å². The van der Waals surface area contributed by atoms with Crippen LogP contribution in [-0.4, -0.2) is 25.0 Å². The number of hydrogen-bond donors (Lipinski definition) is 3. The minimum absolute atomic E-state index is 0.0900. The predicted octanol–water partition coefficient (Wildman–Crippen LogP) is 0.660. The summed E-state index contributed by atoms with van der Waals surface area (Å²) in [5, 5.41) is 6.14. The van der Waals surface area contributed by atoms with Crippen LogP contribution < -0.4 is 16.4 Å². The van der Waals surface area contributed by atoms with Gasteiger partial charge >= 0.3 is 0 Å². The summed E-state index contributed by atoms with van der Waals surface area (Å²) in [6.07, 6.45) is 1.48. The number of carbonyl (C=O) groups is 1. The molecule has 0 saturated heterocycles. The van der Waals surface area contributed by atoms with Crippen LogP contribution in [0.5, 0.6) is 0 Å². The Labute approximate surface area is 102 Å². The first kappa shape index (κ1) is 12.1. The van der Waals surface area contributed by atoms with E-state index in [1.54, 1.807) is 0 Å². The molecule has 0 fully saturated rings. The molecule has 0 saturated carbocycles. The third-order valence-electron chi connectivity index (χ3n) is 2.85. The summed E-state index contributed by atoms with van der Waals surface area (Å²) < 4.78 is 0. The Morgan fingerprint density at radius 2 is 2.35 bits per heavy atom. The fourth-order valence-electron chi connectivity index (χ4n) is 2.00. The molecule has 1 aliphatic heterocycles. The number of anilines is 1. The largest absolute Gasteiger partial charge is 0.327 e. The fourth-order valence-corrected chi connectivity index (χ4v) is 2.00. The molecule has 1 aliphatic rings. The summed E-state index contributed by atoms with van der Waals surface area (Å²) in [6.45, 7) is 3.74. The highest BCUT2D eigenvalue weighted by Crippen LogP contribution is 2.23. The monoisotopic (exact) mass is 233 g/mol. The number of nitrogens with two attached hydrogens (primary N) is 1. The van der Waals surface area contributed by atoms with E-state index in [0.29, 0.717) is 6.42 Å². The number of nitrogens with one attached hydrogen (secondary N) is 2. The van der Waals surface area contributed by atoms with E-state index in [1.807, 2.05) is 13.0 Å². The molecule has 1 heterocycles. The number of benzene rings is 1. The maximum Gasteiger partial charge on any atom is 0.228 e. The smallest absolute Gasteiger partial charge is 0.228 e. The molecule has 1 aromatic carbocycles. The van der Waals surface area contributed by atoms with Gasteiger partial charge in [-0.1, -0.05) is 12.1 Å². The van der Waals surface area contributed by atoms with Crippen LogP contribution in [0.3, 0.4) is 0 Å². The normalized spacial score (nSPS) is 15.5. The number of fused-ring (bicyclic) bond motifs is 1. The Morgan fingerprint density at radius 3 is 3.12 bits per heavy atom. The van der Waals surface area contributed by atoms with E-state index in [2.05, 4.69) is 22.8 Å². The van der Waals surface area contributed by atoms with E-state index in [-0.39, 0.29) is 11.9 Å². The van der Waals surface area contributed by atoms with Gasteiger partial charge in [0, 0.05) is 18.3 Å². The van der Waals surface area contributed by atoms with Crippen LogP contribution in [0.25, 0.3) is 0 Å². The van der Waals surface area contributed by atoms with Gasteiger partial charge in [0.1, 0.15) is 0 Å². The first-order chi connectivity index (χ1) is 8.15. The van der Waals surface area contributed by atoms with Crippen LogP contribution in [-0.2, 0) is 17.6 Å². The summed E-state index contributed by atoms with van der Waals surface area (Å²) in [5.74, 6) is 0.0900. The van der Waals surface area contributed by atoms with Crippen molar-refractivity contribution in [3.05, 3.63) is 29.3 Å². The lowest BCUT2D eigenvalue weighted by Gasteiger charge is -2.08. The summed E-state index contributed by atoms with van der Waals surface area (Å²) in [7, 11) is 0. The predicted molar refractivity (Wildman–Crippen MR) is 69.0 cm³/mol. The van der Waals surface area contributed by atoms with Gasteiger partial charge < -0.3 is 16.4 Å². The van der Waals surface area contributed by atoms with E-state index < -0.39 is 0 Å². The Morgan fingerprint density at radius 1 is 1.53 bits per heavy atom. The maximum absolute atomic E-state index is 11.2. The quantitative estimate of drug-likeness (QED) is 0.654. The Kier molecular flexibility index (Phi) is 3.76. The van der Waals surface area contributed by atoms with Crippen molar-refractivity contribution in [3.8, 4) is 0 Å². The third kappa shape index (κ3) is 3.28. The summed E-state index contributed by atoms with van der Waals surface area (Å²) in [5.41, 5.74) is 8.99. The van der Waals surface area contributed by atoms with Crippen molar-refractivity contribution in [2.24, 2.45) is 5.73 Å². The second kappa shape index (κ2) is 5.29. The molecule has 0 aliphatic carbocycles. The average Bonchev–Trinajstić information content (AvgIpc) is 2.63.